The van der Waals surface area contributed by atoms with Gasteiger partial charge >= 0.3 is 0 Å². The first-order valence-corrected chi connectivity index (χ1v) is 8.70. The number of benzene rings is 1. The Hall–Kier alpha value is -1.60. The highest BCUT2D eigenvalue weighted by Crippen LogP contribution is 2.35. The Morgan fingerprint density at radius 2 is 2.09 bits per heavy atom. The minimum absolute atomic E-state index is 0.0424. The molecule has 5 nitrogen and oxygen atoms in total. The van der Waals surface area contributed by atoms with E-state index in [2.05, 4.69) is 5.10 Å². The van der Waals surface area contributed by atoms with Crippen LogP contribution in [-0.4, -0.2) is 25.2 Å². The van der Waals surface area contributed by atoms with E-state index < -0.39 is 15.8 Å². The van der Waals surface area contributed by atoms with E-state index in [1.54, 1.807) is 4.68 Å². The Morgan fingerprint density at radius 1 is 1.36 bits per heavy atom. The molecule has 0 atom stereocenters. The van der Waals surface area contributed by atoms with Gasteiger partial charge in [0.2, 0.25) is 0 Å². The molecule has 3 rings (SSSR count). The molecule has 1 aromatic carbocycles. The van der Waals surface area contributed by atoms with E-state index in [9.17, 15) is 12.8 Å². The first kappa shape index (κ1) is 15.3. The number of anilines is 1. The van der Waals surface area contributed by atoms with Crippen molar-refractivity contribution in [3.63, 3.8) is 0 Å². The summed E-state index contributed by atoms with van der Waals surface area (Å²) in [5, 5.41) is 4.30. The zero-order valence-corrected chi connectivity index (χ0v) is 13.5. The number of nitrogens with zero attached hydrogens (tertiary/aromatic N) is 3. The van der Waals surface area contributed by atoms with Gasteiger partial charge in [0.25, 0.3) is 10.0 Å². The molecule has 1 saturated carbocycles. The van der Waals surface area contributed by atoms with Crippen LogP contribution in [0.4, 0.5) is 10.1 Å². The van der Waals surface area contributed by atoms with E-state index in [-0.39, 0.29) is 21.8 Å². The third kappa shape index (κ3) is 2.48. The minimum Gasteiger partial charge on any atom is -0.267 e. The van der Waals surface area contributed by atoms with Crippen molar-refractivity contribution in [2.75, 3.05) is 11.4 Å². The SMILES string of the molecule is CN(c1ccc(F)cc1Cl)S(=O)(=O)c1ccnn1C1CCC1. The molecule has 0 radical (unpaired) electrons. The average molecular weight is 344 g/mol. The predicted octanol–water partition coefficient (Wildman–Crippen LogP) is 3.23. The summed E-state index contributed by atoms with van der Waals surface area (Å²) in [7, 11) is -2.41. The van der Waals surface area contributed by atoms with Crippen molar-refractivity contribution >= 4 is 27.3 Å². The second kappa shape index (κ2) is 5.55. The van der Waals surface area contributed by atoms with Gasteiger partial charge in [0.15, 0.2) is 5.03 Å². The van der Waals surface area contributed by atoms with Crippen LogP contribution in [0, 0.1) is 5.82 Å². The van der Waals surface area contributed by atoms with Crippen molar-refractivity contribution in [1.82, 2.24) is 9.78 Å². The Morgan fingerprint density at radius 3 is 2.68 bits per heavy atom. The summed E-state index contributed by atoms with van der Waals surface area (Å²) in [4.78, 5) is 0. The van der Waals surface area contributed by atoms with Crippen LogP contribution in [0.25, 0.3) is 0 Å². The lowest BCUT2D eigenvalue weighted by molar-refractivity contribution is 0.271. The molecular formula is C14H15ClFN3O2S. The molecule has 0 spiro atoms. The van der Waals surface area contributed by atoms with Gasteiger partial charge in [0.05, 0.1) is 22.9 Å². The summed E-state index contributed by atoms with van der Waals surface area (Å²) in [6, 6.07) is 5.21. The second-order valence-electron chi connectivity index (χ2n) is 5.27. The maximum absolute atomic E-state index is 13.1. The van der Waals surface area contributed by atoms with Gasteiger partial charge in [0.1, 0.15) is 5.82 Å². The van der Waals surface area contributed by atoms with Gasteiger partial charge in [-0.05, 0) is 43.5 Å². The van der Waals surface area contributed by atoms with Gasteiger partial charge in [-0.3, -0.25) is 4.31 Å². The molecular weight excluding hydrogens is 329 g/mol. The Kier molecular flexibility index (Phi) is 3.86. The molecule has 0 aliphatic heterocycles. The highest BCUT2D eigenvalue weighted by molar-refractivity contribution is 7.92. The average Bonchev–Trinajstić information content (AvgIpc) is 2.85. The smallest absolute Gasteiger partial charge is 0.267 e. The molecule has 0 amide bonds. The van der Waals surface area contributed by atoms with Gasteiger partial charge in [-0.25, -0.2) is 9.07 Å². The number of sulfonamides is 1. The lowest BCUT2D eigenvalue weighted by atomic mass is 9.93. The van der Waals surface area contributed by atoms with E-state index in [0.29, 0.717) is 0 Å². The monoisotopic (exact) mass is 343 g/mol. The molecule has 1 aliphatic rings. The van der Waals surface area contributed by atoms with Crippen LogP contribution in [0.2, 0.25) is 5.02 Å². The Bertz CT molecular complexity index is 802. The molecule has 8 heteroatoms. The van der Waals surface area contributed by atoms with Gasteiger partial charge in [-0.15, -0.1) is 0 Å². The third-order valence-electron chi connectivity index (χ3n) is 3.93. The maximum Gasteiger partial charge on any atom is 0.281 e. The van der Waals surface area contributed by atoms with Crippen molar-refractivity contribution in [2.24, 2.45) is 0 Å². The maximum atomic E-state index is 13.1. The molecule has 118 valence electrons. The van der Waals surface area contributed by atoms with Crippen molar-refractivity contribution < 1.29 is 12.8 Å². The third-order valence-corrected chi connectivity index (χ3v) is 6.00. The van der Waals surface area contributed by atoms with Crippen molar-refractivity contribution in [3.8, 4) is 0 Å². The highest BCUT2D eigenvalue weighted by atomic mass is 35.5. The number of rotatable bonds is 4. The molecule has 0 bridgehead atoms. The largest absolute Gasteiger partial charge is 0.281 e. The van der Waals surface area contributed by atoms with E-state index in [1.807, 2.05) is 0 Å². The Balaban J connectivity index is 2.00. The van der Waals surface area contributed by atoms with Gasteiger partial charge < -0.3 is 0 Å². The summed E-state index contributed by atoms with van der Waals surface area (Å²) < 4.78 is 41.4. The molecule has 0 saturated heterocycles. The predicted molar refractivity (Wildman–Crippen MR) is 82.1 cm³/mol. The molecule has 0 unspecified atom stereocenters. The Labute approximate surface area is 133 Å². The zero-order valence-electron chi connectivity index (χ0n) is 11.9. The van der Waals surface area contributed by atoms with Crippen LogP contribution in [0.5, 0.6) is 0 Å². The van der Waals surface area contributed by atoms with E-state index >= 15 is 0 Å². The minimum atomic E-state index is -3.81. The fourth-order valence-electron chi connectivity index (χ4n) is 2.42. The van der Waals surface area contributed by atoms with Crippen molar-refractivity contribution in [2.45, 2.75) is 30.3 Å². The lowest BCUT2D eigenvalue weighted by Crippen LogP contribution is -2.31. The first-order valence-electron chi connectivity index (χ1n) is 6.89. The summed E-state index contributed by atoms with van der Waals surface area (Å²) in [6.07, 6.45) is 4.39. The van der Waals surface area contributed by atoms with Gasteiger partial charge in [-0.2, -0.15) is 13.5 Å². The standard InChI is InChI=1S/C14H15ClFN3O2S/c1-18(13-6-5-10(16)9-12(13)15)22(20,21)14-7-8-17-19(14)11-3-2-4-11/h5-9,11H,2-4H2,1H3. The molecule has 1 aliphatic carbocycles. The molecule has 22 heavy (non-hydrogen) atoms. The fourth-order valence-corrected chi connectivity index (χ4v) is 4.13. The number of hydrogen-bond donors (Lipinski definition) is 0. The summed E-state index contributed by atoms with van der Waals surface area (Å²) in [6.45, 7) is 0. The molecule has 1 aromatic heterocycles. The topological polar surface area (TPSA) is 55.2 Å². The van der Waals surface area contributed by atoms with Crippen LogP contribution < -0.4 is 4.31 Å². The van der Waals surface area contributed by atoms with E-state index in [4.69, 9.17) is 11.6 Å². The van der Waals surface area contributed by atoms with Gasteiger partial charge in [0, 0.05) is 7.05 Å². The van der Waals surface area contributed by atoms with Crippen molar-refractivity contribution in [3.05, 3.63) is 41.3 Å². The number of halogens is 2. The quantitative estimate of drug-likeness (QED) is 0.856. The normalized spacial score (nSPS) is 15.6. The summed E-state index contributed by atoms with van der Waals surface area (Å²) in [5.74, 6) is -0.515. The molecule has 1 heterocycles. The lowest BCUT2D eigenvalue weighted by Gasteiger charge is -2.28. The molecule has 1 fully saturated rings. The summed E-state index contributed by atoms with van der Waals surface area (Å²) >= 11 is 5.96. The van der Waals surface area contributed by atoms with Crippen LogP contribution in [0.15, 0.2) is 35.5 Å². The van der Waals surface area contributed by atoms with Crippen LogP contribution in [0.3, 0.4) is 0 Å². The number of hydrogen-bond acceptors (Lipinski definition) is 3. The van der Waals surface area contributed by atoms with Crippen molar-refractivity contribution in [1.29, 1.82) is 0 Å². The van der Waals surface area contributed by atoms with E-state index in [0.717, 1.165) is 29.6 Å². The van der Waals surface area contributed by atoms with E-state index in [1.165, 1.54) is 31.4 Å². The zero-order chi connectivity index (χ0) is 15.9. The molecule has 2 aromatic rings. The van der Waals surface area contributed by atoms with Crippen LogP contribution in [0.1, 0.15) is 25.3 Å². The highest BCUT2D eigenvalue weighted by Gasteiger charge is 2.31. The van der Waals surface area contributed by atoms with Gasteiger partial charge in [-0.1, -0.05) is 11.6 Å². The molecule has 0 N–H and O–H groups in total. The summed E-state index contributed by atoms with van der Waals surface area (Å²) in [5.41, 5.74) is 0.226. The second-order valence-corrected chi connectivity index (χ2v) is 7.59. The van der Waals surface area contributed by atoms with Crippen LogP contribution >= 0.6 is 11.6 Å². The number of aromatic nitrogens is 2. The first-order chi connectivity index (χ1) is 10.4. The van der Waals surface area contributed by atoms with Crippen LogP contribution in [-0.2, 0) is 10.0 Å². The fraction of sp³-hybridized carbons (Fsp3) is 0.357.